The number of hydrogen-bond acceptors (Lipinski definition) is 12. The molecule has 1 saturated carbocycles. The van der Waals surface area contributed by atoms with Gasteiger partial charge in [-0.2, -0.15) is 0 Å². The number of nitro benzene ring substituents is 1. The molecule has 1 fully saturated rings. The molecular weight excluding hydrogens is 1080 g/mol. The number of benzene rings is 4. The van der Waals surface area contributed by atoms with Crippen molar-refractivity contribution in [3.05, 3.63) is 136 Å². The Kier molecular flexibility index (Phi) is 28.7. The summed E-state index contributed by atoms with van der Waals surface area (Å²) in [6, 6.07) is 25.1. The molecule has 7 rings (SSSR count). The molecule has 3 aliphatic rings. The standard InChI is InChI=1S/C71H100N4O11/c1-4-7-9-11-13-15-17-19-21-27-44-72-69(78)85-59-42-43-65-63(50-59)67-61(37-26-29-46-77)56(33-25-28-45-76)49-62-64(73-84-53-54-38-40-58(41-39-54)75(80)81)51-66(71(86-65,68(62)67)83-47-6-3)74(52-57-35-31-34-55-32-23-24-36-60(55)57)70(79)82-48-30-22-20-18-16-14-12-10-8-5-2/h6,23-24,31-32,34-36,38-43,49-50,56,61,66-68,76-77H,3-5,7-22,25-30,33,37,44-48,51-53H2,1-2H3,(H,72,78)/t56-,61+,66-,67+,68+,71+/m0/s1. The van der Waals surface area contributed by atoms with E-state index in [1.165, 1.54) is 95.6 Å². The summed E-state index contributed by atoms with van der Waals surface area (Å²) in [5.41, 5.74) is 3.79. The molecule has 1 aliphatic heterocycles. The lowest BCUT2D eigenvalue weighted by molar-refractivity contribution is -0.384. The maximum Gasteiger partial charge on any atom is 0.412 e. The maximum atomic E-state index is 15.5. The van der Waals surface area contributed by atoms with Crippen molar-refractivity contribution in [1.29, 1.82) is 0 Å². The van der Waals surface area contributed by atoms with Crippen LogP contribution in [0.5, 0.6) is 11.5 Å². The number of fused-ring (bicyclic) bond motifs is 3. The largest absolute Gasteiger partial charge is 0.459 e. The number of allylic oxidation sites excluding steroid dienone is 1. The van der Waals surface area contributed by atoms with E-state index in [1.807, 2.05) is 36.4 Å². The second-order valence-electron chi connectivity index (χ2n) is 24.0. The van der Waals surface area contributed by atoms with Crippen LogP contribution < -0.4 is 14.8 Å². The number of rotatable bonds is 41. The molecule has 86 heavy (non-hydrogen) atoms. The van der Waals surface area contributed by atoms with Gasteiger partial charge < -0.3 is 39.3 Å². The molecule has 0 unspecified atom stereocenters. The predicted molar refractivity (Wildman–Crippen MR) is 341 cm³/mol. The zero-order valence-electron chi connectivity index (χ0n) is 51.8. The van der Waals surface area contributed by atoms with Crippen molar-refractivity contribution in [3.8, 4) is 11.5 Å². The van der Waals surface area contributed by atoms with Crippen LogP contribution in [0.1, 0.15) is 210 Å². The van der Waals surface area contributed by atoms with Crippen molar-refractivity contribution in [2.75, 3.05) is 33.0 Å². The van der Waals surface area contributed by atoms with E-state index in [9.17, 15) is 25.1 Å². The highest BCUT2D eigenvalue weighted by Crippen LogP contribution is 2.62. The fraction of sp³-hybridized carbons (Fsp3) is 0.592. The molecule has 0 spiro atoms. The number of aliphatic hydroxyl groups excluding tert-OH is 2. The van der Waals surface area contributed by atoms with Gasteiger partial charge in [0, 0.05) is 49.8 Å². The summed E-state index contributed by atoms with van der Waals surface area (Å²) >= 11 is 0. The van der Waals surface area contributed by atoms with E-state index in [0.29, 0.717) is 55.0 Å². The second-order valence-corrected chi connectivity index (χ2v) is 24.0. The molecule has 1 heterocycles. The highest BCUT2D eigenvalue weighted by molar-refractivity contribution is 6.03. The van der Waals surface area contributed by atoms with Crippen molar-refractivity contribution >= 4 is 34.4 Å². The summed E-state index contributed by atoms with van der Waals surface area (Å²) in [5.74, 6) is -1.87. The van der Waals surface area contributed by atoms with Crippen LogP contribution >= 0.6 is 0 Å². The third-order valence-corrected chi connectivity index (χ3v) is 17.8. The van der Waals surface area contributed by atoms with Crippen LogP contribution in [0.25, 0.3) is 10.8 Å². The molecule has 4 aromatic rings. The monoisotopic (exact) mass is 1180 g/mol. The van der Waals surface area contributed by atoms with E-state index in [-0.39, 0.29) is 69.4 Å². The first kappa shape index (κ1) is 67.2. The van der Waals surface area contributed by atoms with Crippen molar-refractivity contribution in [2.45, 2.75) is 218 Å². The van der Waals surface area contributed by atoms with Gasteiger partial charge in [-0.1, -0.05) is 202 Å². The van der Waals surface area contributed by atoms with Crippen LogP contribution in [-0.2, 0) is 27.5 Å². The number of nitrogens with one attached hydrogen (secondary N) is 1. The minimum absolute atomic E-state index is 0.0112. The Hall–Kier alpha value is -6.29. The van der Waals surface area contributed by atoms with Crippen LogP contribution in [0, 0.1) is 27.9 Å². The van der Waals surface area contributed by atoms with Crippen molar-refractivity contribution in [1.82, 2.24) is 10.2 Å². The third-order valence-electron chi connectivity index (χ3n) is 17.8. The number of oxime groups is 1. The highest BCUT2D eigenvalue weighted by atomic mass is 16.7. The number of hydrogen-bond donors (Lipinski definition) is 3. The summed E-state index contributed by atoms with van der Waals surface area (Å²) in [5, 5.41) is 42.0. The van der Waals surface area contributed by atoms with Gasteiger partial charge in [-0.3, -0.25) is 15.0 Å². The van der Waals surface area contributed by atoms with Gasteiger partial charge in [-0.25, -0.2) is 9.59 Å². The van der Waals surface area contributed by atoms with Gasteiger partial charge in [-0.15, -0.1) is 6.58 Å². The first-order valence-corrected chi connectivity index (χ1v) is 33.0. The summed E-state index contributed by atoms with van der Waals surface area (Å²) in [6.07, 6.45) is 30.5. The van der Waals surface area contributed by atoms with E-state index in [0.717, 1.165) is 85.3 Å². The molecule has 0 bridgehead atoms. The molecular formula is C71H100N4O11. The first-order valence-electron chi connectivity index (χ1n) is 33.0. The van der Waals surface area contributed by atoms with Crippen LogP contribution in [0.3, 0.4) is 0 Å². The molecule has 2 amide bonds. The number of aliphatic hydroxyl groups is 2. The molecule has 470 valence electrons. The number of non-ortho nitro benzene ring substituents is 1. The van der Waals surface area contributed by atoms with Crippen molar-refractivity contribution in [2.24, 2.45) is 22.9 Å². The minimum atomic E-state index is -1.59. The molecule has 15 heteroatoms. The van der Waals surface area contributed by atoms with Crippen LogP contribution in [-0.4, -0.2) is 82.7 Å². The number of unbranched alkanes of at least 4 members (excludes halogenated alkanes) is 20. The average molecular weight is 1190 g/mol. The molecule has 6 atom stereocenters. The molecule has 2 aliphatic carbocycles. The molecule has 3 N–H and O–H groups in total. The zero-order valence-corrected chi connectivity index (χ0v) is 51.8. The zero-order chi connectivity index (χ0) is 60.8. The van der Waals surface area contributed by atoms with E-state index in [4.69, 9.17) is 28.9 Å². The smallest absolute Gasteiger partial charge is 0.412 e. The van der Waals surface area contributed by atoms with E-state index < -0.39 is 34.9 Å². The number of carbonyl (C=O) groups is 2. The quantitative estimate of drug-likeness (QED) is 0.0166. The lowest BCUT2D eigenvalue weighted by Crippen LogP contribution is -2.70. The van der Waals surface area contributed by atoms with Gasteiger partial charge in [0.25, 0.3) is 5.69 Å². The Morgan fingerprint density at radius 2 is 1.42 bits per heavy atom. The number of carbonyl (C=O) groups excluding carboxylic acids is 2. The molecule has 0 saturated heterocycles. The van der Waals surface area contributed by atoms with Crippen LogP contribution in [0.15, 0.2) is 114 Å². The Morgan fingerprint density at radius 3 is 2.08 bits per heavy atom. The van der Waals surface area contributed by atoms with Gasteiger partial charge in [0.2, 0.25) is 5.79 Å². The van der Waals surface area contributed by atoms with Gasteiger partial charge in [0.1, 0.15) is 24.1 Å². The van der Waals surface area contributed by atoms with Gasteiger partial charge in [0.05, 0.1) is 36.3 Å². The molecule has 15 nitrogen and oxygen atoms in total. The normalized spacial score (nSPS) is 19.9. The fourth-order valence-corrected chi connectivity index (χ4v) is 13.3. The summed E-state index contributed by atoms with van der Waals surface area (Å²) in [7, 11) is 0. The van der Waals surface area contributed by atoms with Crippen LogP contribution in [0.4, 0.5) is 15.3 Å². The Bertz CT molecular complexity index is 2760. The van der Waals surface area contributed by atoms with E-state index >= 15 is 4.79 Å². The summed E-state index contributed by atoms with van der Waals surface area (Å²) in [6.45, 7) is 9.63. The predicted octanol–water partition coefficient (Wildman–Crippen LogP) is 17.2. The van der Waals surface area contributed by atoms with Gasteiger partial charge in [0.15, 0.2) is 0 Å². The summed E-state index contributed by atoms with van der Waals surface area (Å²) < 4.78 is 27.4. The number of nitrogens with zero attached hydrogens (tertiary/aromatic N) is 3. The second kappa shape index (κ2) is 36.8. The maximum absolute atomic E-state index is 15.5. The topological polar surface area (TPSA) is 192 Å². The number of ether oxygens (including phenoxy) is 4. The Balaban J connectivity index is 1.29. The Labute approximate surface area is 512 Å². The average Bonchev–Trinajstić information content (AvgIpc) is 0.745. The Morgan fingerprint density at radius 1 is 0.779 bits per heavy atom. The van der Waals surface area contributed by atoms with E-state index in [1.54, 1.807) is 29.2 Å². The third kappa shape index (κ3) is 19.4. The van der Waals surface area contributed by atoms with Crippen LogP contribution in [0.2, 0.25) is 0 Å². The SMILES string of the molecule is C=CCO[C@@]12Oc3ccc(OC(=O)NCCCCCCCCCCCC)cc3[C@H]3[C@H](CCCCO)[C@@H](CCCCO)C=C(C(=NOCc4ccc([N+](=O)[O-])cc4)C[C@@H]1N(Cc1cccc4ccccc14)C(=O)OCCCCCCCCCCCC)[C@H]32. The van der Waals surface area contributed by atoms with Crippen molar-refractivity contribution in [3.63, 3.8) is 0 Å². The number of amides is 2. The molecule has 4 aromatic carbocycles. The van der Waals surface area contributed by atoms with E-state index in [2.05, 4.69) is 50.0 Å². The summed E-state index contributed by atoms with van der Waals surface area (Å²) in [4.78, 5) is 48.4. The lowest BCUT2D eigenvalue weighted by Gasteiger charge is -2.59. The van der Waals surface area contributed by atoms with Crippen molar-refractivity contribution < 1.29 is 48.5 Å². The van der Waals surface area contributed by atoms with Gasteiger partial charge in [-0.05, 0) is 108 Å². The lowest BCUT2D eigenvalue weighted by atomic mass is 9.55. The number of nitro groups is 1. The molecule has 0 radical (unpaired) electrons. The highest BCUT2D eigenvalue weighted by Gasteiger charge is 2.66. The molecule has 0 aromatic heterocycles. The minimum Gasteiger partial charge on any atom is -0.459 e. The fourth-order valence-electron chi connectivity index (χ4n) is 13.3. The first-order chi connectivity index (χ1) is 42.2. The van der Waals surface area contributed by atoms with Gasteiger partial charge >= 0.3 is 12.2 Å².